The van der Waals surface area contributed by atoms with E-state index < -0.39 is 13.9 Å². The Morgan fingerprint density at radius 1 is 0.636 bits per heavy atom. The molecule has 106 valence electrons. The predicted molar refractivity (Wildman–Crippen MR) is 96.0 cm³/mol. The van der Waals surface area contributed by atoms with Crippen molar-refractivity contribution in [2.75, 3.05) is 0 Å². The second-order valence-electron chi connectivity index (χ2n) is 5.03. The SMILES string of the molecule is Cc1ccc(C#C[Se+](c2ccccc2)c2ccccc2)cc1. The van der Waals surface area contributed by atoms with E-state index in [9.17, 15) is 0 Å². The summed E-state index contributed by atoms with van der Waals surface area (Å²) in [5.41, 5.74) is 2.36. The van der Waals surface area contributed by atoms with Crippen LogP contribution in [0.4, 0.5) is 0 Å². The summed E-state index contributed by atoms with van der Waals surface area (Å²) < 4.78 is 2.71. The van der Waals surface area contributed by atoms with Crippen molar-refractivity contribution in [1.29, 1.82) is 0 Å². The van der Waals surface area contributed by atoms with Crippen molar-refractivity contribution in [2.24, 2.45) is 0 Å². The molecule has 0 bridgehead atoms. The Balaban J connectivity index is 1.98. The summed E-state index contributed by atoms with van der Waals surface area (Å²) in [5.74, 6) is 3.37. The normalized spacial score (nSPS) is 10.1. The van der Waals surface area contributed by atoms with Gasteiger partial charge in [0.05, 0.1) is 0 Å². The van der Waals surface area contributed by atoms with Crippen LogP contribution in [0, 0.1) is 17.7 Å². The van der Waals surface area contributed by atoms with Gasteiger partial charge in [-0.1, -0.05) is 0 Å². The van der Waals surface area contributed by atoms with Gasteiger partial charge in [0.25, 0.3) is 0 Å². The van der Waals surface area contributed by atoms with Crippen molar-refractivity contribution in [3.05, 3.63) is 96.1 Å². The third kappa shape index (κ3) is 3.68. The van der Waals surface area contributed by atoms with Gasteiger partial charge in [0.15, 0.2) is 0 Å². The summed E-state index contributed by atoms with van der Waals surface area (Å²) in [6.45, 7) is 2.10. The average molecular weight is 348 g/mol. The Labute approximate surface area is 136 Å². The third-order valence-corrected chi connectivity index (χ3v) is 7.07. The molecule has 3 aromatic carbocycles. The monoisotopic (exact) mass is 349 g/mol. The Morgan fingerprint density at radius 3 is 1.64 bits per heavy atom. The van der Waals surface area contributed by atoms with Gasteiger partial charge < -0.3 is 0 Å². The standard InChI is InChI=1S/C21H17Se/c1-18-12-14-19(15-13-18)16-17-22(20-8-4-2-5-9-20)21-10-6-3-7-11-21/h2-15H,1H3/q+1. The van der Waals surface area contributed by atoms with E-state index in [0.29, 0.717) is 0 Å². The summed E-state index contributed by atoms with van der Waals surface area (Å²) in [6, 6.07) is 29.7. The summed E-state index contributed by atoms with van der Waals surface area (Å²) in [6.07, 6.45) is 0. The fourth-order valence-electron chi connectivity index (χ4n) is 2.11. The van der Waals surface area contributed by atoms with Crippen molar-refractivity contribution in [3.8, 4) is 10.7 Å². The van der Waals surface area contributed by atoms with Gasteiger partial charge in [-0.05, 0) is 0 Å². The van der Waals surface area contributed by atoms with Crippen LogP contribution in [0.25, 0.3) is 0 Å². The van der Waals surface area contributed by atoms with E-state index in [2.05, 4.69) is 103 Å². The molecule has 0 fully saturated rings. The zero-order valence-corrected chi connectivity index (χ0v) is 14.2. The summed E-state index contributed by atoms with van der Waals surface area (Å²) >= 11 is -1.33. The molecule has 0 heterocycles. The van der Waals surface area contributed by atoms with E-state index in [4.69, 9.17) is 0 Å². The van der Waals surface area contributed by atoms with Crippen molar-refractivity contribution < 1.29 is 0 Å². The second-order valence-corrected chi connectivity index (χ2v) is 8.72. The van der Waals surface area contributed by atoms with Crippen LogP contribution in [0.15, 0.2) is 84.9 Å². The molecule has 0 radical (unpaired) electrons. The molecule has 0 atom stereocenters. The van der Waals surface area contributed by atoms with E-state index in [0.717, 1.165) is 5.56 Å². The van der Waals surface area contributed by atoms with Crippen LogP contribution >= 0.6 is 0 Å². The molecule has 0 aromatic heterocycles. The fourth-order valence-corrected chi connectivity index (χ4v) is 5.44. The quantitative estimate of drug-likeness (QED) is 0.493. The summed E-state index contributed by atoms with van der Waals surface area (Å²) in [5, 5.41) is 0. The van der Waals surface area contributed by atoms with Gasteiger partial charge in [-0.25, -0.2) is 0 Å². The van der Waals surface area contributed by atoms with Crippen LogP contribution in [0.1, 0.15) is 11.1 Å². The minimum absolute atomic E-state index is 1.09. The molecule has 3 aromatic rings. The van der Waals surface area contributed by atoms with Gasteiger partial charge in [0.2, 0.25) is 0 Å². The first-order valence-corrected chi connectivity index (χ1v) is 9.82. The van der Waals surface area contributed by atoms with Crippen LogP contribution < -0.4 is 8.92 Å². The summed E-state index contributed by atoms with van der Waals surface area (Å²) in [4.78, 5) is 3.56. The Morgan fingerprint density at radius 2 is 1.14 bits per heavy atom. The minimum atomic E-state index is -1.33. The maximum absolute atomic E-state index is 3.56. The molecule has 0 spiro atoms. The zero-order chi connectivity index (χ0) is 15.2. The predicted octanol–water partition coefficient (Wildman–Crippen LogP) is 3.19. The van der Waals surface area contributed by atoms with Crippen LogP contribution in [-0.2, 0) is 0 Å². The average Bonchev–Trinajstić information content (AvgIpc) is 2.59. The van der Waals surface area contributed by atoms with E-state index in [1.54, 1.807) is 0 Å². The molecule has 0 aliphatic rings. The molecule has 22 heavy (non-hydrogen) atoms. The summed E-state index contributed by atoms with van der Waals surface area (Å²) in [7, 11) is 0. The molecule has 1 heteroatoms. The van der Waals surface area contributed by atoms with Gasteiger partial charge in [0, 0.05) is 0 Å². The van der Waals surface area contributed by atoms with Crippen molar-refractivity contribution in [3.63, 3.8) is 0 Å². The fraction of sp³-hybridized carbons (Fsp3) is 0.0476. The van der Waals surface area contributed by atoms with Gasteiger partial charge in [-0.2, -0.15) is 0 Å². The molecule has 0 nitrogen and oxygen atoms in total. The molecule has 0 unspecified atom stereocenters. The van der Waals surface area contributed by atoms with E-state index in [1.165, 1.54) is 14.5 Å². The first-order valence-electron chi connectivity index (χ1n) is 7.26. The number of hydrogen-bond donors (Lipinski definition) is 0. The van der Waals surface area contributed by atoms with Crippen LogP contribution in [0.5, 0.6) is 0 Å². The molecule has 0 saturated carbocycles. The number of hydrogen-bond acceptors (Lipinski definition) is 0. The first kappa shape index (κ1) is 14.7. The molecular formula is C21H17Se+. The Kier molecular flexibility index (Phi) is 4.76. The Hall–Kier alpha value is -2.26. The second kappa shape index (κ2) is 7.14. The van der Waals surface area contributed by atoms with Crippen molar-refractivity contribution in [2.45, 2.75) is 6.92 Å². The first-order chi connectivity index (χ1) is 10.8. The molecule has 0 N–H and O–H groups in total. The van der Waals surface area contributed by atoms with Crippen molar-refractivity contribution in [1.82, 2.24) is 0 Å². The number of benzene rings is 3. The maximum atomic E-state index is 3.56. The Bertz CT molecular complexity index is 739. The molecule has 0 aliphatic heterocycles. The van der Waals surface area contributed by atoms with E-state index in [1.807, 2.05) is 0 Å². The molecule has 0 aliphatic carbocycles. The number of rotatable bonds is 2. The zero-order valence-electron chi connectivity index (χ0n) is 12.5. The van der Waals surface area contributed by atoms with Gasteiger partial charge in [0.1, 0.15) is 0 Å². The van der Waals surface area contributed by atoms with Gasteiger partial charge >= 0.3 is 137 Å². The topological polar surface area (TPSA) is 0 Å². The van der Waals surface area contributed by atoms with Crippen LogP contribution in [-0.4, -0.2) is 13.9 Å². The third-order valence-electron chi connectivity index (χ3n) is 3.31. The molecule has 3 rings (SSSR count). The van der Waals surface area contributed by atoms with E-state index in [-0.39, 0.29) is 0 Å². The van der Waals surface area contributed by atoms with Crippen LogP contribution in [0.2, 0.25) is 0 Å². The van der Waals surface area contributed by atoms with Gasteiger partial charge in [-0.3, -0.25) is 0 Å². The molecule has 0 saturated heterocycles. The molecule has 0 amide bonds. The molecular weight excluding hydrogens is 331 g/mol. The van der Waals surface area contributed by atoms with Crippen LogP contribution in [0.3, 0.4) is 0 Å². The van der Waals surface area contributed by atoms with E-state index >= 15 is 0 Å². The van der Waals surface area contributed by atoms with Crippen molar-refractivity contribution >= 4 is 22.8 Å². The number of aryl methyl sites for hydroxylation is 1. The van der Waals surface area contributed by atoms with Gasteiger partial charge in [-0.15, -0.1) is 0 Å².